The Bertz CT molecular complexity index is 1480. The molecule has 0 fully saturated rings. The van der Waals surface area contributed by atoms with Crippen molar-refractivity contribution in [2.75, 3.05) is 24.3 Å². The second kappa shape index (κ2) is 13.1. The summed E-state index contributed by atoms with van der Waals surface area (Å²) in [6.45, 7) is 4.30. The average Bonchev–Trinajstić information content (AvgIpc) is 3.28. The summed E-state index contributed by atoms with van der Waals surface area (Å²) in [5, 5.41) is 6.39. The Labute approximate surface area is 250 Å². The summed E-state index contributed by atoms with van der Waals surface area (Å²) in [6, 6.07) is 11.8. The predicted octanol–water partition coefficient (Wildman–Crippen LogP) is 6.51. The Morgan fingerprint density at radius 2 is 1.90 bits per heavy atom. The highest BCUT2D eigenvalue weighted by Gasteiger charge is 2.31. The maximum Gasteiger partial charge on any atom is 0.341 e. The third-order valence-electron chi connectivity index (χ3n) is 6.34. The monoisotopic (exact) mass is 619 g/mol. The molecule has 1 aliphatic heterocycles. The van der Waals surface area contributed by atoms with Gasteiger partial charge in [-0.2, -0.15) is 0 Å². The average molecular weight is 621 g/mol. The molecule has 2 aromatic carbocycles. The van der Waals surface area contributed by atoms with E-state index in [0.717, 1.165) is 15.3 Å². The number of halogens is 2. The zero-order valence-electron chi connectivity index (χ0n) is 22.0. The van der Waals surface area contributed by atoms with Crippen molar-refractivity contribution >= 4 is 80.7 Å². The van der Waals surface area contributed by atoms with Crippen LogP contribution in [-0.2, 0) is 27.3 Å². The smallest absolute Gasteiger partial charge is 0.341 e. The van der Waals surface area contributed by atoms with Crippen molar-refractivity contribution in [3.05, 3.63) is 74.1 Å². The van der Waals surface area contributed by atoms with Crippen molar-refractivity contribution in [3.8, 4) is 0 Å². The van der Waals surface area contributed by atoms with Crippen LogP contribution in [0.4, 0.5) is 10.7 Å². The minimum atomic E-state index is -0.519. The Hall–Kier alpha value is -3.05. The van der Waals surface area contributed by atoms with Gasteiger partial charge in [-0.05, 0) is 54.8 Å². The fourth-order valence-electron chi connectivity index (χ4n) is 4.28. The Kier molecular flexibility index (Phi) is 9.78. The highest BCUT2D eigenvalue weighted by atomic mass is 35.5. The van der Waals surface area contributed by atoms with Crippen LogP contribution in [-0.4, -0.2) is 47.5 Å². The van der Waals surface area contributed by atoms with Crippen LogP contribution in [0.3, 0.4) is 0 Å². The zero-order chi connectivity index (χ0) is 29.0. The molecule has 8 nitrogen and oxygen atoms in total. The van der Waals surface area contributed by atoms with E-state index >= 15 is 0 Å². The number of esters is 1. The van der Waals surface area contributed by atoms with Gasteiger partial charge in [-0.3, -0.25) is 14.4 Å². The van der Waals surface area contributed by atoms with Gasteiger partial charge in [-0.1, -0.05) is 36.2 Å². The van der Waals surface area contributed by atoms with Gasteiger partial charge < -0.3 is 20.3 Å². The molecule has 0 saturated carbocycles. The van der Waals surface area contributed by atoms with Gasteiger partial charge in [0.25, 0.3) is 5.91 Å². The topological polar surface area (TPSA) is 105 Å². The van der Waals surface area contributed by atoms with E-state index in [0.29, 0.717) is 52.8 Å². The van der Waals surface area contributed by atoms with E-state index in [9.17, 15) is 19.2 Å². The van der Waals surface area contributed by atoms with Gasteiger partial charge in [0.05, 0.1) is 35.1 Å². The molecule has 0 bridgehead atoms. The lowest BCUT2D eigenvalue weighted by Gasteiger charge is -2.25. The van der Waals surface area contributed by atoms with Crippen LogP contribution < -0.4 is 10.6 Å². The number of amides is 3. The number of methoxy groups -OCH3 is 1. The number of benzene rings is 2. The largest absolute Gasteiger partial charge is 0.465 e. The van der Waals surface area contributed by atoms with E-state index in [-0.39, 0.29) is 22.7 Å². The van der Waals surface area contributed by atoms with Crippen molar-refractivity contribution in [3.63, 3.8) is 0 Å². The van der Waals surface area contributed by atoms with Gasteiger partial charge in [0, 0.05) is 34.0 Å². The summed E-state index contributed by atoms with van der Waals surface area (Å²) in [6.07, 6.45) is 1.03. The van der Waals surface area contributed by atoms with Gasteiger partial charge in [0.2, 0.25) is 11.8 Å². The van der Waals surface area contributed by atoms with E-state index in [4.69, 9.17) is 27.9 Å². The van der Waals surface area contributed by atoms with E-state index in [1.165, 1.54) is 43.2 Å². The molecule has 3 amide bonds. The van der Waals surface area contributed by atoms with Gasteiger partial charge in [0.15, 0.2) is 0 Å². The van der Waals surface area contributed by atoms with Crippen LogP contribution in [0.15, 0.2) is 47.4 Å². The summed E-state index contributed by atoms with van der Waals surface area (Å²) < 4.78 is 5.01. The van der Waals surface area contributed by atoms with E-state index in [2.05, 4.69) is 10.6 Å². The maximum atomic E-state index is 13.4. The number of anilines is 2. The molecular formula is C28H27Cl2N3O5S2. The maximum absolute atomic E-state index is 13.4. The molecule has 0 radical (unpaired) electrons. The molecule has 0 spiro atoms. The van der Waals surface area contributed by atoms with Crippen LogP contribution in [0.5, 0.6) is 0 Å². The second-order valence-corrected chi connectivity index (χ2v) is 12.2. The molecule has 12 heteroatoms. The minimum Gasteiger partial charge on any atom is -0.465 e. The summed E-state index contributed by atoms with van der Waals surface area (Å²) in [7, 11) is 1.31. The predicted molar refractivity (Wildman–Crippen MR) is 160 cm³/mol. The lowest BCUT2D eigenvalue weighted by Crippen LogP contribution is -2.34. The van der Waals surface area contributed by atoms with E-state index in [1.54, 1.807) is 35.2 Å². The third-order valence-corrected chi connectivity index (χ3v) is 9.38. The number of carbonyl (C=O) groups excluding carboxylic acids is 4. The van der Waals surface area contributed by atoms with Crippen molar-refractivity contribution in [2.24, 2.45) is 0 Å². The van der Waals surface area contributed by atoms with Gasteiger partial charge in [-0.15, -0.1) is 23.1 Å². The molecule has 0 aliphatic carbocycles. The molecular weight excluding hydrogens is 593 g/mol. The quantitative estimate of drug-likeness (QED) is 0.220. The van der Waals surface area contributed by atoms with E-state index < -0.39 is 11.2 Å². The van der Waals surface area contributed by atoms with Gasteiger partial charge >= 0.3 is 5.97 Å². The Balaban J connectivity index is 1.49. The highest BCUT2D eigenvalue weighted by Crippen LogP contribution is 2.38. The van der Waals surface area contributed by atoms with Crippen molar-refractivity contribution < 1.29 is 23.9 Å². The number of hydrogen-bond acceptors (Lipinski definition) is 7. The first-order valence-corrected chi connectivity index (χ1v) is 14.9. The van der Waals surface area contributed by atoms with Gasteiger partial charge in [0.1, 0.15) is 5.00 Å². The molecule has 3 aromatic rings. The highest BCUT2D eigenvalue weighted by molar-refractivity contribution is 8.00. The fourth-order valence-corrected chi connectivity index (χ4v) is 7.04. The zero-order valence-corrected chi connectivity index (χ0v) is 25.2. The molecule has 0 saturated heterocycles. The number of ether oxygens (including phenoxy) is 1. The molecule has 2 heterocycles. The van der Waals surface area contributed by atoms with Crippen LogP contribution in [0, 0.1) is 0 Å². The molecule has 1 aromatic heterocycles. The van der Waals surface area contributed by atoms with Crippen molar-refractivity contribution in [1.29, 1.82) is 0 Å². The Morgan fingerprint density at radius 1 is 1.12 bits per heavy atom. The standard InChI is InChI=1S/C28H27Cl2N3O5S2/c1-4-22(39-18-7-5-6-17(13-18)31-25(35)19-9-8-16(29)12-21(19)30)26(36)32-27-24(28(37)38-3)20-10-11-33(15(2)34)14-23(20)40-27/h5-9,12-13,22H,4,10-11,14H2,1-3H3,(H,31,35)(H,32,36). The van der Waals surface area contributed by atoms with Crippen molar-refractivity contribution in [2.45, 2.75) is 43.4 Å². The first-order chi connectivity index (χ1) is 19.1. The summed E-state index contributed by atoms with van der Waals surface area (Å²) in [5.41, 5.74) is 2.01. The first kappa shape index (κ1) is 29.9. The summed E-state index contributed by atoms with van der Waals surface area (Å²) >= 11 is 14.7. The number of thiophene rings is 1. The number of fused-ring (bicyclic) bond motifs is 1. The molecule has 1 aliphatic rings. The number of carbonyl (C=O) groups is 4. The second-order valence-electron chi connectivity index (χ2n) is 9.00. The molecule has 40 heavy (non-hydrogen) atoms. The lowest BCUT2D eigenvalue weighted by atomic mass is 10.0. The van der Waals surface area contributed by atoms with Gasteiger partial charge in [-0.25, -0.2) is 4.79 Å². The molecule has 1 unspecified atom stereocenters. The number of rotatable bonds is 8. The first-order valence-electron chi connectivity index (χ1n) is 12.4. The summed E-state index contributed by atoms with van der Waals surface area (Å²) in [5.74, 6) is -1.20. The third kappa shape index (κ3) is 6.80. The van der Waals surface area contributed by atoms with Crippen LogP contribution in [0.2, 0.25) is 10.0 Å². The van der Waals surface area contributed by atoms with Crippen LogP contribution in [0.25, 0.3) is 0 Å². The van der Waals surface area contributed by atoms with Crippen molar-refractivity contribution in [1.82, 2.24) is 4.90 Å². The molecule has 210 valence electrons. The fraction of sp³-hybridized carbons (Fsp3) is 0.286. The normalized spacial score (nSPS) is 13.3. The number of nitrogens with one attached hydrogen (secondary N) is 2. The SMILES string of the molecule is CCC(Sc1cccc(NC(=O)c2ccc(Cl)cc2Cl)c1)C(=O)Nc1sc2c(c1C(=O)OC)CCN(C(C)=O)C2. The Morgan fingerprint density at radius 3 is 2.58 bits per heavy atom. The number of thioether (sulfide) groups is 1. The van der Waals surface area contributed by atoms with E-state index in [1.807, 2.05) is 13.0 Å². The minimum absolute atomic E-state index is 0.0404. The lowest BCUT2D eigenvalue weighted by molar-refractivity contribution is -0.129. The van der Waals surface area contributed by atoms with Crippen LogP contribution >= 0.6 is 46.3 Å². The molecule has 4 rings (SSSR count). The molecule has 1 atom stereocenters. The number of hydrogen-bond donors (Lipinski definition) is 2. The summed E-state index contributed by atoms with van der Waals surface area (Å²) in [4.78, 5) is 54.0. The van der Waals surface area contributed by atoms with Crippen LogP contribution in [0.1, 0.15) is 51.4 Å². The number of nitrogens with zero attached hydrogens (tertiary/aromatic N) is 1. The molecule has 2 N–H and O–H groups in total.